The molecule has 0 bridgehead atoms. The van der Waals surface area contributed by atoms with E-state index in [-0.39, 0.29) is 30.4 Å². The van der Waals surface area contributed by atoms with Crippen molar-refractivity contribution in [3.8, 4) is 12.3 Å². The predicted molar refractivity (Wildman–Crippen MR) is 190 cm³/mol. The Morgan fingerprint density at radius 2 is 1.62 bits per heavy atom. The Kier molecular flexibility index (Phi) is 10.7. The number of terminal acetylenes is 1. The number of carbonyl (C=O) groups is 3. The fourth-order valence-corrected chi connectivity index (χ4v) is 8.26. The SMILES string of the molecule is C#Cc1cc(C[C@@H](NC(=O)N2CCC(N3CCc4ccccc4NC3=O)CC2)C(=O)N2CCC(C3CCN(C)CC3)CC2)cc(Cl)c1N. The number of para-hydroxylation sites is 1. The molecule has 3 fully saturated rings. The Hall–Kier alpha value is -3.94. The molecule has 2 aromatic rings. The molecule has 4 N–H and O–H groups in total. The number of benzene rings is 2. The average molecular weight is 674 g/mol. The summed E-state index contributed by atoms with van der Waals surface area (Å²) < 4.78 is 0. The van der Waals surface area contributed by atoms with Crippen molar-refractivity contribution >= 4 is 40.9 Å². The van der Waals surface area contributed by atoms with E-state index in [1.165, 1.54) is 12.8 Å². The minimum absolute atomic E-state index is 0.0331. The molecule has 1 atom stereocenters. The first kappa shape index (κ1) is 33.9. The minimum Gasteiger partial charge on any atom is -0.397 e. The lowest BCUT2D eigenvalue weighted by Crippen LogP contribution is -2.57. The summed E-state index contributed by atoms with van der Waals surface area (Å²) in [6.45, 7) is 5.27. The van der Waals surface area contributed by atoms with E-state index in [0.29, 0.717) is 73.7 Å². The minimum atomic E-state index is -0.782. The predicted octanol–water partition coefficient (Wildman–Crippen LogP) is 4.66. The number of rotatable bonds is 6. The zero-order valence-corrected chi connectivity index (χ0v) is 28.7. The molecule has 0 spiro atoms. The van der Waals surface area contributed by atoms with Crippen LogP contribution in [0.5, 0.6) is 0 Å². The molecule has 2 aromatic carbocycles. The fourth-order valence-electron chi connectivity index (χ4n) is 8.02. The standard InChI is InChI=1S/C37H48ClN7O3/c1-3-26-22-25(23-31(38)34(26)39)24-33(35(46)43-17-10-28(11-18-43)27-8-15-42(2)16-9-27)41-36(47)44-19-13-30(14-20-44)45-21-12-29-6-4-5-7-32(29)40-37(45)48/h1,4-7,22-23,27-28,30,33H,8-21,24,39H2,2H3,(H,40,48)(H,41,47)/t33-/m1/s1. The summed E-state index contributed by atoms with van der Waals surface area (Å²) in [5.41, 5.74) is 9.61. The van der Waals surface area contributed by atoms with Gasteiger partial charge in [-0.15, -0.1) is 6.42 Å². The number of nitrogens with two attached hydrogens (primary N) is 1. The molecule has 3 saturated heterocycles. The third-order valence-electron chi connectivity index (χ3n) is 11.0. The second-order valence-electron chi connectivity index (χ2n) is 13.9. The number of nitrogens with one attached hydrogen (secondary N) is 2. The molecule has 0 aromatic heterocycles. The molecular formula is C37H48ClN7O3. The summed E-state index contributed by atoms with van der Waals surface area (Å²) in [6, 6.07) is 10.3. The number of nitrogen functional groups attached to an aromatic ring is 1. The van der Waals surface area contributed by atoms with Gasteiger partial charge in [0.15, 0.2) is 0 Å². The second kappa shape index (κ2) is 15.1. The molecule has 4 aliphatic rings. The van der Waals surface area contributed by atoms with Gasteiger partial charge in [0.1, 0.15) is 6.04 Å². The number of amides is 5. The molecule has 256 valence electrons. The van der Waals surface area contributed by atoms with E-state index in [0.717, 1.165) is 49.2 Å². The van der Waals surface area contributed by atoms with E-state index in [1.54, 1.807) is 17.0 Å². The smallest absolute Gasteiger partial charge is 0.322 e. The Balaban J connectivity index is 1.10. The number of nitrogens with zero attached hydrogens (tertiary/aromatic N) is 4. The lowest BCUT2D eigenvalue weighted by Gasteiger charge is -2.41. The number of piperidine rings is 3. The van der Waals surface area contributed by atoms with Crippen LogP contribution in [0.25, 0.3) is 0 Å². The third-order valence-corrected chi connectivity index (χ3v) is 11.3. The van der Waals surface area contributed by atoms with Gasteiger partial charge in [0.05, 0.1) is 10.7 Å². The molecule has 10 nitrogen and oxygen atoms in total. The highest BCUT2D eigenvalue weighted by Crippen LogP contribution is 2.33. The maximum Gasteiger partial charge on any atom is 0.322 e. The first-order valence-electron chi connectivity index (χ1n) is 17.4. The first-order chi connectivity index (χ1) is 23.2. The summed E-state index contributed by atoms with van der Waals surface area (Å²) in [7, 11) is 2.18. The highest BCUT2D eigenvalue weighted by atomic mass is 35.5. The molecule has 0 aliphatic carbocycles. The maximum absolute atomic E-state index is 14.1. The molecule has 48 heavy (non-hydrogen) atoms. The third kappa shape index (κ3) is 7.68. The van der Waals surface area contributed by atoms with Crippen molar-refractivity contribution in [2.75, 3.05) is 63.9 Å². The molecule has 0 radical (unpaired) electrons. The van der Waals surface area contributed by atoms with Crippen molar-refractivity contribution in [2.45, 2.75) is 63.5 Å². The number of hydrogen-bond acceptors (Lipinski definition) is 5. The van der Waals surface area contributed by atoms with E-state index in [1.807, 2.05) is 34.1 Å². The van der Waals surface area contributed by atoms with Gasteiger partial charge >= 0.3 is 12.1 Å². The Morgan fingerprint density at radius 1 is 0.979 bits per heavy atom. The normalized spacial score (nSPS) is 20.8. The van der Waals surface area contributed by atoms with Gasteiger partial charge in [-0.2, -0.15) is 0 Å². The Bertz CT molecular complexity index is 1540. The van der Waals surface area contributed by atoms with Crippen LogP contribution in [0, 0.1) is 24.2 Å². The number of fused-ring (bicyclic) bond motifs is 1. The molecule has 4 heterocycles. The van der Waals surface area contributed by atoms with Crippen molar-refractivity contribution in [3.63, 3.8) is 0 Å². The highest BCUT2D eigenvalue weighted by molar-refractivity contribution is 6.33. The van der Waals surface area contributed by atoms with Crippen LogP contribution >= 0.6 is 11.6 Å². The number of hydrogen-bond donors (Lipinski definition) is 3. The van der Waals surface area contributed by atoms with Gasteiger partial charge in [-0.1, -0.05) is 35.7 Å². The molecule has 5 amide bonds. The van der Waals surface area contributed by atoms with Gasteiger partial charge in [0.25, 0.3) is 0 Å². The molecule has 11 heteroatoms. The number of halogens is 1. The van der Waals surface area contributed by atoms with Gasteiger partial charge < -0.3 is 36.0 Å². The van der Waals surface area contributed by atoms with Crippen LogP contribution in [-0.4, -0.2) is 103 Å². The van der Waals surface area contributed by atoms with Crippen molar-refractivity contribution in [1.82, 2.24) is 24.9 Å². The maximum atomic E-state index is 14.1. The van der Waals surface area contributed by atoms with Crippen LogP contribution in [0.15, 0.2) is 36.4 Å². The largest absolute Gasteiger partial charge is 0.397 e. The zero-order chi connectivity index (χ0) is 33.8. The van der Waals surface area contributed by atoms with Gasteiger partial charge in [-0.3, -0.25) is 4.79 Å². The topological polar surface area (TPSA) is 114 Å². The second-order valence-corrected chi connectivity index (χ2v) is 14.3. The average Bonchev–Trinajstić information content (AvgIpc) is 3.27. The number of likely N-dealkylation sites (tertiary alicyclic amines) is 3. The van der Waals surface area contributed by atoms with E-state index in [4.69, 9.17) is 23.8 Å². The van der Waals surface area contributed by atoms with E-state index < -0.39 is 6.04 Å². The monoisotopic (exact) mass is 673 g/mol. The molecule has 6 rings (SSSR count). The van der Waals surface area contributed by atoms with E-state index in [9.17, 15) is 14.4 Å². The van der Waals surface area contributed by atoms with Crippen LogP contribution in [0.3, 0.4) is 0 Å². The lowest BCUT2D eigenvalue weighted by atomic mass is 9.79. The van der Waals surface area contributed by atoms with Crippen LogP contribution in [0.2, 0.25) is 5.02 Å². The zero-order valence-electron chi connectivity index (χ0n) is 27.9. The van der Waals surface area contributed by atoms with Gasteiger partial charge in [0, 0.05) is 56.4 Å². The van der Waals surface area contributed by atoms with Crippen LogP contribution in [0.4, 0.5) is 21.0 Å². The Labute approximate surface area is 289 Å². The summed E-state index contributed by atoms with van der Waals surface area (Å²) in [5, 5.41) is 6.47. The molecule has 0 unspecified atom stereocenters. The van der Waals surface area contributed by atoms with E-state index in [2.05, 4.69) is 28.5 Å². The van der Waals surface area contributed by atoms with Crippen LogP contribution in [-0.2, 0) is 17.6 Å². The van der Waals surface area contributed by atoms with Crippen LogP contribution in [0.1, 0.15) is 55.2 Å². The van der Waals surface area contributed by atoms with Crippen molar-refractivity contribution in [3.05, 3.63) is 58.1 Å². The Morgan fingerprint density at radius 3 is 2.31 bits per heavy atom. The van der Waals surface area contributed by atoms with Gasteiger partial charge in [-0.25, -0.2) is 9.59 Å². The summed E-state index contributed by atoms with van der Waals surface area (Å²) in [6.07, 6.45) is 12.5. The first-order valence-corrected chi connectivity index (χ1v) is 17.8. The lowest BCUT2D eigenvalue weighted by molar-refractivity contribution is -0.135. The van der Waals surface area contributed by atoms with Gasteiger partial charge in [-0.05, 0) is 106 Å². The van der Waals surface area contributed by atoms with E-state index >= 15 is 0 Å². The molecule has 4 aliphatic heterocycles. The van der Waals surface area contributed by atoms with Crippen molar-refractivity contribution in [2.24, 2.45) is 11.8 Å². The summed E-state index contributed by atoms with van der Waals surface area (Å²) >= 11 is 6.41. The number of urea groups is 2. The molecule has 0 saturated carbocycles. The quantitative estimate of drug-likeness (QED) is 0.305. The summed E-state index contributed by atoms with van der Waals surface area (Å²) in [4.78, 5) is 48.9. The fraction of sp³-hybridized carbons (Fsp3) is 0.541. The van der Waals surface area contributed by atoms with Crippen molar-refractivity contribution in [1.29, 1.82) is 0 Å². The number of anilines is 2. The number of carbonyl (C=O) groups excluding carboxylic acids is 3. The highest BCUT2D eigenvalue weighted by Gasteiger charge is 2.36. The van der Waals surface area contributed by atoms with Crippen molar-refractivity contribution < 1.29 is 14.4 Å². The van der Waals surface area contributed by atoms with Gasteiger partial charge in [0.2, 0.25) is 5.91 Å². The molecular weight excluding hydrogens is 626 g/mol. The summed E-state index contributed by atoms with van der Waals surface area (Å²) in [5.74, 6) is 3.84. The van der Waals surface area contributed by atoms with Crippen LogP contribution < -0.4 is 16.4 Å².